The van der Waals surface area contributed by atoms with Crippen LogP contribution in [-0.4, -0.2) is 10.1 Å². The fraction of sp³-hybridized carbons (Fsp3) is 0.154. The number of rotatable bonds is 3. The van der Waals surface area contributed by atoms with Crippen molar-refractivity contribution in [2.45, 2.75) is 12.5 Å². The van der Waals surface area contributed by atoms with Gasteiger partial charge in [-0.1, -0.05) is 17.7 Å². The van der Waals surface area contributed by atoms with Crippen molar-refractivity contribution >= 4 is 11.6 Å². The summed E-state index contributed by atoms with van der Waals surface area (Å²) in [6, 6.07) is 5.13. The normalized spacial score (nSPS) is 12.4. The van der Waals surface area contributed by atoms with Crippen LogP contribution in [-0.2, 0) is 6.42 Å². The zero-order chi connectivity index (χ0) is 13.1. The van der Waals surface area contributed by atoms with Gasteiger partial charge in [-0.15, -0.1) is 0 Å². The van der Waals surface area contributed by atoms with Crippen molar-refractivity contribution in [2.75, 3.05) is 0 Å². The predicted octanol–water partition coefficient (Wildman–Crippen LogP) is 3.29. The van der Waals surface area contributed by atoms with Crippen LogP contribution >= 0.6 is 11.6 Å². The van der Waals surface area contributed by atoms with Gasteiger partial charge in [0.05, 0.1) is 12.3 Å². The molecule has 5 heteroatoms. The van der Waals surface area contributed by atoms with Crippen molar-refractivity contribution < 1.29 is 13.9 Å². The lowest BCUT2D eigenvalue weighted by atomic mass is 10.0. The summed E-state index contributed by atoms with van der Waals surface area (Å²) in [5.41, 5.74) is 0.949. The average molecular weight is 270 g/mol. The predicted molar refractivity (Wildman–Crippen MR) is 64.3 cm³/mol. The fourth-order valence-corrected chi connectivity index (χ4v) is 1.87. The van der Waals surface area contributed by atoms with E-state index in [1.807, 2.05) is 0 Å². The molecule has 0 fully saturated rings. The Hall–Kier alpha value is -1.52. The zero-order valence-corrected chi connectivity index (χ0v) is 10.0. The molecule has 2 rings (SSSR count). The first-order valence-electron chi connectivity index (χ1n) is 5.28. The van der Waals surface area contributed by atoms with Crippen LogP contribution in [0.1, 0.15) is 17.2 Å². The van der Waals surface area contributed by atoms with Gasteiger partial charge in [-0.3, -0.25) is 4.98 Å². The van der Waals surface area contributed by atoms with Crippen LogP contribution in [0.5, 0.6) is 0 Å². The van der Waals surface area contributed by atoms with Gasteiger partial charge < -0.3 is 5.11 Å². The number of benzene rings is 1. The molecular formula is C13H10ClF2NO. The number of aromatic nitrogens is 1. The molecule has 2 nitrogen and oxygen atoms in total. The van der Waals surface area contributed by atoms with Crippen molar-refractivity contribution in [2.24, 2.45) is 0 Å². The summed E-state index contributed by atoms with van der Waals surface area (Å²) in [4.78, 5) is 3.66. The Morgan fingerprint density at radius 1 is 1.17 bits per heavy atom. The maximum absolute atomic E-state index is 12.9. The Morgan fingerprint density at radius 2 is 1.94 bits per heavy atom. The standard InChI is InChI=1S/C13H10ClF2NO/c14-12-5-10(15)2-1-8(12)4-13(18)9-3-11(16)7-17-6-9/h1-3,5-7,13,18H,4H2. The van der Waals surface area contributed by atoms with Crippen molar-refractivity contribution in [3.63, 3.8) is 0 Å². The van der Waals surface area contributed by atoms with Gasteiger partial charge in [0.25, 0.3) is 0 Å². The van der Waals surface area contributed by atoms with Crippen LogP contribution in [0.15, 0.2) is 36.7 Å². The number of halogens is 3. The molecule has 1 N–H and O–H groups in total. The molecule has 1 atom stereocenters. The highest BCUT2D eigenvalue weighted by Gasteiger charge is 2.12. The Kier molecular flexibility index (Phi) is 3.89. The molecule has 2 aromatic rings. The largest absolute Gasteiger partial charge is 0.388 e. The highest BCUT2D eigenvalue weighted by Crippen LogP contribution is 2.24. The number of nitrogens with zero attached hydrogens (tertiary/aromatic N) is 1. The molecule has 1 heterocycles. The zero-order valence-electron chi connectivity index (χ0n) is 9.28. The fourth-order valence-electron chi connectivity index (χ4n) is 1.62. The van der Waals surface area contributed by atoms with E-state index in [-0.39, 0.29) is 11.4 Å². The molecule has 0 saturated heterocycles. The summed E-state index contributed by atoms with van der Waals surface area (Å²) < 4.78 is 25.8. The second-order valence-corrected chi connectivity index (χ2v) is 4.30. The summed E-state index contributed by atoms with van der Waals surface area (Å²) >= 11 is 5.85. The van der Waals surface area contributed by atoms with E-state index in [1.165, 1.54) is 30.5 Å². The maximum Gasteiger partial charge on any atom is 0.141 e. The lowest BCUT2D eigenvalue weighted by molar-refractivity contribution is 0.177. The van der Waals surface area contributed by atoms with Gasteiger partial charge in [0.2, 0.25) is 0 Å². The molecule has 1 aromatic carbocycles. The summed E-state index contributed by atoms with van der Waals surface area (Å²) in [7, 11) is 0. The quantitative estimate of drug-likeness (QED) is 0.927. The van der Waals surface area contributed by atoms with Gasteiger partial charge in [-0.25, -0.2) is 8.78 Å². The topological polar surface area (TPSA) is 33.1 Å². The van der Waals surface area contributed by atoms with Gasteiger partial charge in [-0.05, 0) is 23.8 Å². The van der Waals surface area contributed by atoms with Crippen LogP contribution < -0.4 is 0 Å². The number of aliphatic hydroxyl groups excluding tert-OH is 1. The van der Waals surface area contributed by atoms with Crippen LogP contribution in [0.2, 0.25) is 5.02 Å². The molecule has 0 spiro atoms. The van der Waals surface area contributed by atoms with E-state index in [2.05, 4.69) is 4.98 Å². The lowest BCUT2D eigenvalue weighted by Gasteiger charge is -2.11. The molecule has 1 aromatic heterocycles. The van der Waals surface area contributed by atoms with Crippen LogP contribution in [0, 0.1) is 11.6 Å². The Bertz CT molecular complexity index is 562. The third-order valence-electron chi connectivity index (χ3n) is 2.54. The van der Waals surface area contributed by atoms with E-state index in [0.717, 1.165) is 6.20 Å². The van der Waals surface area contributed by atoms with Crippen molar-refractivity contribution in [1.29, 1.82) is 0 Å². The van der Waals surface area contributed by atoms with Crippen LogP contribution in [0.25, 0.3) is 0 Å². The van der Waals surface area contributed by atoms with Crippen molar-refractivity contribution in [1.82, 2.24) is 4.98 Å². The summed E-state index contributed by atoms with van der Waals surface area (Å²) in [6.07, 6.45) is 1.67. The summed E-state index contributed by atoms with van der Waals surface area (Å²) in [5.74, 6) is -0.956. The third kappa shape index (κ3) is 3.03. The first kappa shape index (κ1) is 12.9. The number of aliphatic hydroxyl groups is 1. The summed E-state index contributed by atoms with van der Waals surface area (Å²) in [6.45, 7) is 0. The lowest BCUT2D eigenvalue weighted by Crippen LogP contribution is -2.03. The highest BCUT2D eigenvalue weighted by molar-refractivity contribution is 6.31. The van der Waals surface area contributed by atoms with Gasteiger partial charge >= 0.3 is 0 Å². The minimum atomic E-state index is -0.934. The Balaban J connectivity index is 2.18. The van der Waals surface area contributed by atoms with E-state index >= 15 is 0 Å². The van der Waals surface area contributed by atoms with Gasteiger partial charge in [0, 0.05) is 23.2 Å². The molecule has 1 unspecified atom stereocenters. The average Bonchev–Trinajstić information content (AvgIpc) is 2.32. The van der Waals surface area contributed by atoms with Gasteiger partial charge in [0.15, 0.2) is 0 Å². The number of hydrogen-bond acceptors (Lipinski definition) is 2. The molecule has 18 heavy (non-hydrogen) atoms. The first-order valence-corrected chi connectivity index (χ1v) is 5.66. The Morgan fingerprint density at radius 3 is 2.61 bits per heavy atom. The molecule has 0 amide bonds. The molecule has 0 aliphatic rings. The van der Waals surface area contributed by atoms with E-state index in [1.54, 1.807) is 0 Å². The second-order valence-electron chi connectivity index (χ2n) is 3.89. The Labute approximate surface area is 108 Å². The minimum absolute atomic E-state index is 0.171. The molecular weight excluding hydrogens is 260 g/mol. The van der Waals surface area contributed by atoms with Gasteiger partial charge in [-0.2, -0.15) is 0 Å². The number of hydrogen-bond donors (Lipinski definition) is 1. The highest BCUT2D eigenvalue weighted by atomic mass is 35.5. The summed E-state index contributed by atoms with van der Waals surface area (Å²) in [5, 5.41) is 10.2. The first-order chi connectivity index (χ1) is 8.56. The molecule has 0 saturated carbocycles. The molecule has 0 aliphatic carbocycles. The molecule has 0 radical (unpaired) electrons. The van der Waals surface area contributed by atoms with Crippen molar-refractivity contribution in [3.05, 3.63) is 64.4 Å². The SMILES string of the molecule is OC(Cc1ccc(F)cc1Cl)c1cncc(F)c1. The molecule has 0 bridgehead atoms. The van der Waals surface area contributed by atoms with Gasteiger partial charge in [0.1, 0.15) is 11.6 Å². The van der Waals surface area contributed by atoms with E-state index in [0.29, 0.717) is 11.1 Å². The third-order valence-corrected chi connectivity index (χ3v) is 2.89. The number of pyridine rings is 1. The van der Waals surface area contributed by atoms with E-state index in [9.17, 15) is 13.9 Å². The molecule has 0 aliphatic heterocycles. The van der Waals surface area contributed by atoms with E-state index < -0.39 is 17.7 Å². The van der Waals surface area contributed by atoms with E-state index in [4.69, 9.17) is 11.6 Å². The monoisotopic (exact) mass is 269 g/mol. The van der Waals surface area contributed by atoms with Crippen molar-refractivity contribution in [3.8, 4) is 0 Å². The van der Waals surface area contributed by atoms with Crippen LogP contribution in [0.4, 0.5) is 8.78 Å². The second kappa shape index (κ2) is 5.42. The van der Waals surface area contributed by atoms with Crippen LogP contribution in [0.3, 0.4) is 0 Å². The minimum Gasteiger partial charge on any atom is -0.388 e. The smallest absolute Gasteiger partial charge is 0.141 e. The molecule has 94 valence electrons. The maximum atomic E-state index is 12.9.